The van der Waals surface area contributed by atoms with E-state index < -0.39 is 134 Å². The van der Waals surface area contributed by atoms with Gasteiger partial charge in [0.05, 0.1) is 6.04 Å². The highest BCUT2D eigenvalue weighted by molar-refractivity contribution is 5.96. The summed E-state index contributed by atoms with van der Waals surface area (Å²) in [6.07, 6.45) is -1.55. The fourth-order valence-electron chi connectivity index (χ4n) is 4.78. The average molecular weight is 746 g/mol. The predicted octanol–water partition coefficient (Wildman–Crippen LogP) is -1.75. The lowest BCUT2D eigenvalue weighted by Gasteiger charge is -2.29. The molecule has 0 heterocycles. The molecule has 13 N–H and O–H groups in total. The van der Waals surface area contributed by atoms with E-state index in [0.717, 1.165) is 0 Å². The zero-order chi connectivity index (χ0) is 40.1. The van der Waals surface area contributed by atoms with Crippen LogP contribution in [0.3, 0.4) is 0 Å². The van der Waals surface area contributed by atoms with E-state index in [2.05, 4.69) is 26.6 Å². The molecule has 20 heteroatoms. The summed E-state index contributed by atoms with van der Waals surface area (Å²) >= 11 is 0. The summed E-state index contributed by atoms with van der Waals surface area (Å²) in [6, 6.07) is -8.41. The smallest absolute Gasteiger partial charge is 0.326 e. The number of nitrogens with two attached hydrogens (primary N) is 2. The quantitative estimate of drug-likeness (QED) is 0.0415. The molecule has 0 unspecified atom stereocenters. The lowest BCUT2D eigenvalue weighted by molar-refractivity contribution is -0.143. The minimum Gasteiger partial charge on any atom is -0.481 e. The minimum absolute atomic E-state index is 0.0663. The lowest BCUT2D eigenvalue weighted by Crippen LogP contribution is -2.60. The standard InChI is InChI=1S/C32H55N7O13/c1-5-17(4)26(39-27(46)18(34)9-12-22(40)41)31(50)36-19(10-13-23(42)43)28(47)35-20(11-14-24(44)45)29(48)38-25(16(2)3)30(49)37-21(32(51)52)8-6-7-15-33/h16-21,25-26H,5-15,33-34H2,1-4H3,(H,35,47)(H,36,50)(H,37,49)(H,38,48)(H,39,46)(H,40,41)(H,42,43)(H,44,45)(H,51,52)/t17-,18-,19-,20-,21-,25-,26-/m0/s1. The second kappa shape index (κ2) is 24.4. The van der Waals surface area contributed by atoms with Crippen LogP contribution in [0, 0.1) is 11.8 Å². The Balaban J connectivity index is 6.23. The van der Waals surface area contributed by atoms with Crippen molar-refractivity contribution in [2.75, 3.05) is 6.54 Å². The average Bonchev–Trinajstić information content (AvgIpc) is 3.06. The first-order chi connectivity index (χ1) is 24.2. The van der Waals surface area contributed by atoms with Crippen LogP contribution >= 0.6 is 0 Å². The summed E-state index contributed by atoms with van der Waals surface area (Å²) in [5, 5.41) is 49.0. The van der Waals surface area contributed by atoms with Gasteiger partial charge in [-0.1, -0.05) is 34.1 Å². The molecule has 0 aliphatic rings. The van der Waals surface area contributed by atoms with Gasteiger partial charge in [0.1, 0.15) is 30.2 Å². The van der Waals surface area contributed by atoms with E-state index in [4.69, 9.17) is 16.6 Å². The van der Waals surface area contributed by atoms with Crippen molar-refractivity contribution in [2.45, 2.75) is 128 Å². The summed E-state index contributed by atoms with van der Waals surface area (Å²) in [4.78, 5) is 112. The number of carbonyl (C=O) groups excluding carboxylic acids is 5. The Bertz CT molecular complexity index is 1260. The van der Waals surface area contributed by atoms with Crippen molar-refractivity contribution in [3.05, 3.63) is 0 Å². The fraction of sp³-hybridized carbons (Fsp3) is 0.719. The van der Waals surface area contributed by atoms with E-state index in [1.807, 2.05) is 0 Å². The highest BCUT2D eigenvalue weighted by Crippen LogP contribution is 2.12. The fourth-order valence-corrected chi connectivity index (χ4v) is 4.78. The predicted molar refractivity (Wildman–Crippen MR) is 183 cm³/mol. The monoisotopic (exact) mass is 745 g/mol. The Morgan fingerprint density at radius 2 is 0.962 bits per heavy atom. The molecule has 0 aliphatic heterocycles. The molecule has 0 saturated carbocycles. The van der Waals surface area contributed by atoms with Crippen LogP contribution in [0.1, 0.15) is 91.9 Å². The Morgan fingerprint density at radius 1 is 0.538 bits per heavy atom. The van der Waals surface area contributed by atoms with Crippen LogP contribution in [0.15, 0.2) is 0 Å². The van der Waals surface area contributed by atoms with Crippen LogP contribution < -0.4 is 38.1 Å². The van der Waals surface area contributed by atoms with Gasteiger partial charge in [0.25, 0.3) is 0 Å². The Labute approximate surface area is 301 Å². The number of hydrogen-bond acceptors (Lipinski definition) is 11. The number of nitrogens with one attached hydrogen (secondary N) is 5. The summed E-state index contributed by atoms with van der Waals surface area (Å²) in [6.45, 7) is 6.74. The maximum atomic E-state index is 13.5. The molecule has 0 aliphatic carbocycles. The van der Waals surface area contributed by atoms with Gasteiger partial charge in [0, 0.05) is 19.3 Å². The van der Waals surface area contributed by atoms with E-state index in [1.54, 1.807) is 27.7 Å². The maximum absolute atomic E-state index is 13.5. The van der Waals surface area contributed by atoms with Crippen molar-refractivity contribution in [3.63, 3.8) is 0 Å². The molecule has 296 valence electrons. The third kappa shape index (κ3) is 18.4. The van der Waals surface area contributed by atoms with Crippen LogP contribution in [0.5, 0.6) is 0 Å². The Kier molecular flexibility index (Phi) is 22.1. The third-order valence-corrected chi connectivity index (χ3v) is 8.17. The van der Waals surface area contributed by atoms with Crippen molar-refractivity contribution in [2.24, 2.45) is 23.3 Å². The van der Waals surface area contributed by atoms with E-state index in [1.165, 1.54) is 0 Å². The van der Waals surface area contributed by atoms with Crippen molar-refractivity contribution < 1.29 is 63.6 Å². The van der Waals surface area contributed by atoms with Crippen molar-refractivity contribution in [3.8, 4) is 0 Å². The molecular weight excluding hydrogens is 690 g/mol. The van der Waals surface area contributed by atoms with Gasteiger partial charge in [-0.05, 0) is 56.9 Å². The lowest BCUT2D eigenvalue weighted by atomic mass is 9.96. The van der Waals surface area contributed by atoms with Gasteiger partial charge in [-0.15, -0.1) is 0 Å². The first-order valence-corrected chi connectivity index (χ1v) is 17.1. The largest absolute Gasteiger partial charge is 0.481 e. The minimum atomic E-state index is -1.61. The van der Waals surface area contributed by atoms with Crippen molar-refractivity contribution in [1.82, 2.24) is 26.6 Å². The highest BCUT2D eigenvalue weighted by Gasteiger charge is 2.35. The van der Waals surface area contributed by atoms with E-state index >= 15 is 0 Å². The third-order valence-electron chi connectivity index (χ3n) is 8.17. The topological polar surface area (TPSA) is 347 Å². The molecule has 0 saturated heterocycles. The van der Waals surface area contributed by atoms with E-state index in [-0.39, 0.29) is 12.8 Å². The van der Waals surface area contributed by atoms with Gasteiger partial charge in [0.2, 0.25) is 29.5 Å². The number of rotatable bonds is 27. The van der Waals surface area contributed by atoms with Gasteiger partial charge in [-0.2, -0.15) is 0 Å². The molecule has 0 aromatic rings. The molecule has 0 radical (unpaired) electrons. The van der Waals surface area contributed by atoms with E-state index in [9.17, 15) is 58.5 Å². The molecule has 0 aromatic carbocycles. The summed E-state index contributed by atoms with van der Waals surface area (Å²) in [7, 11) is 0. The second-order valence-electron chi connectivity index (χ2n) is 12.8. The molecule has 20 nitrogen and oxygen atoms in total. The molecular formula is C32H55N7O13. The SMILES string of the molecule is CC[C@H](C)[C@H](NC(=O)[C@@H](N)CCC(=O)O)C(=O)N[C@@H](CCC(=O)O)C(=O)N[C@@H](CCC(=O)O)C(=O)N[C@H](C(=O)N[C@@H](CCCCN)C(=O)O)C(C)C. The van der Waals surface area contributed by atoms with Gasteiger partial charge in [0.15, 0.2) is 0 Å². The van der Waals surface area contributed by atoms with Crippen molar-refractivity contribution >= 4 is 53.4 Å². The summed E-state index contributed by atoms with van der Waals surface area (Å²) in [5.74, 6) is -11.0. The number of carbonyl (C=O) groups is 9. The normalized spacial score (nSPS) is 15.1. The van der Waals surface area contributed by atoms with Crippen LogP contribution in [0.4, 0.5) is 0 Å². The van der Waals surface area contributed by atoms with Gasteiger partial charge in [-0.3, -0.25) is 38.4 Å². The highest BCUT2D eigenvalue weighted by atomic mass is 16.4. The number of hydrogen-bond donors (Lipinski definition) is 11. The number of aliphatic carboxylic acids is 4. The van der Waals surface area contributed by atoms with E-state index in [0.29, 0.717) is 25.8 Å². The molecule has 5 amide bonds. The summed E-state index contributed by atoms with van der Waals surface area (Å²) < 4.78 is 0. The Hall–Kier alpha value is -4.85. The van der Waals surface area contributed by atoms with Crippen LogP contribution in [-0.4, -0.2) is 117 Å². The van der Waals surface area contributed by atoms with Crippen LogP contribution in [-0.2, 0) is 43.2 Å². The zero-order valence-electron chi connectivity index (χ0n) is 30.0. The molecule has 0 aromatic heterocycles. The molecule has 0 spiro atoms. The summed E-state index contributed by atoms with van der Waals surface area (Å²) in [5.41, 5.74) is 11.2. The van der Waals surface area contributed by atoms with Gasteiger partial charge < -0.3 is 58.5 Å². The first kappa shape index (κ1) is 47.1. The maximum Gasteiger partial charge on any atom is 0.326 e. The van der Waals surface area contributed by atoms with Crippen molar-refractivity contribution in [1.29, 1.82) is 0 Å². The molecule has 0 fully saturated rings. The van der Waals surface area contributed by atoms with Crippen LogP contribution in [0.2, 0.25) is 0 Å². The van der Waals surface area contributed by atoms with Crippen LogP contribution in [0.25, 0.3) is 0 Å². The first-order valence-electron chi connectivity index (χ1n) is 17.1. The molecule has 0 rings (SSSR count). The number of carboxylic acids is 4. The molecule has 52 heavy (non-hydrogen) atoms. The Morgan fingerprint density at radius 3 is 1.40 bits per heavy atom. The molecule has 7 atom stereocenters. The number of unbranched alkanes of at least 4 members (excludes halogenated alkanes) is 1. The zero-order valence-corrected chi connectivity index (χ0v) is 30.0. The van der Waals surface area contributed by atoms with Gasteiger partial charge in [-0.25, -0.2) is 4.79 Å². The number of carboxylic acid groups (broad SMARTS) is 4. The number of amides is 5. The second-order valence-corrected chi connectivity index (χ2v) is 12.8. The molecule has 0 bridgehead atoms. The van der Waals surface area contributed by atoms with Gasteiger partial charge >= 0.3 is 23.9 Å².